The molecule has 6 heteroatoms. The van der Waals surface area contributed by atoms with Gasteiger partial charge in [0.25, 0.3) is 0 Å². The van der Waals surface area contributed by atoms with Crippen molar-refractivity contribution in [3.63, 3.8) is 0 Å². The molecule has 0 aliphatic heterocycles. The summed E-state index contributed by atoms with van der Waals surface area (Å²) in [5.41, 5.74) is 1.67. The summed E-state index contributed by atoms with van der Waals surface area (Å²) in [6, 6.07) is 7.31. The van der Waals surface area contributed by atoms with Crippen LogP contribution in [0.3, 0.4) is 0 Å². The van der Waals surface area contributed by atoms with Crippen LogP contribution in [0.1, 0.15) is 6.92 Å². The second-order valence-electron chi connectivity index (χ2n) is 3.88. The summed E-state index contributed by atoms with van der Waals surface area (Å²) in [4.78, 5) is 12.5. The molecule has 1 unspecified atom stereocenters. The maximum absolute atomic E-state index is 11.2. The number of benzene rings is 1. The highest BCUT2D eigenvalue weighted by Gasteiger charge is 2.13. The number of carbonyl (C=O) groups is 1. The van der Waals surface area contributed by atoms with Gasteiger partial charge in [0.15, 0.2) is 0 Å². The fraction of sp³-hybridized carbons (Fsp3) is 0.250. The van der Waals surface area contributed by atoms with E-state index in [-0.39, 0.29) is 12.1 Å². The number of hydrogen-bond donors (Lipinski definition) is 1. The summed E-state index contributed by atoms with van der Waals surface area (Å²) in [6.45, 7) is 4.92. The van der Waals surface area contributed by atoms with Crippen molar-refractivity contribution in [2.45, 2.75) is 19.8 Å². The number of nitrogens with zero attached hydrogens (tertiary/aromatic N) is 3. The number of carbonyl (C=O) groups excluding carboxylic acids is 1. The zero-order valence-electron chi connectivity index (χ0n) is 9.91. The molecule has 1 atom stereocenters. The topological polar surface area (TPSA) is 77.2 Å². The fourth-order valence-electron chi connectivity index (χ4n) is 1.39. The molecule has 0 saturated heterocycles. The minimum absolute atomic E-state index is 0.0201. The zero-order chi connectivity index (χ0) is 13.1. The summed E-state index contributed by atoms with van der Waals surface area (Å²) in [7, 11) is 0. The maximum atomic E-state index is 11.2. The number of rotatable bonds is 4. The highest BCUT2D eigenvalue weighted by molar-refractivity contribution is 5.86. The quantitative estimate of drug-likeness (QED) is 0.493. The maximum Gasteiger partial charge on any atom is 0.335 e. The second kappa shape index (κ2) is 4.97. The van der Waals surface area contributed by atoms with Crippen LogP contribution >= 0.6 is 0 Å². The summed E-state index contributed by atoms with van der Waals surface area (Å²) < 4.78 is 4.73. The molecular weight excluding hydrogens is 234 g/mol. The van der Waals surface area contributed by atoms with E-state index < -0.39 is 12.3 Å². The van der Waals surface area contributed by atoms with E-state index in [1.807, 2.05) is 24.3 Å². The van der Waals surface area contributed by atoms with E-state index in [0.717, 1.165) is 11.0 Å². The van der Waals surface area contributed by atoms with Gasteiger partial charge in [0, 0.05) is 5.57 Å². The molecule has 2 aromatic rings. The molecule has 18 heavy (non-hydrogen) atoms. The largest absolute Gasteiger partial charge is 0.430 e. The molecule has 94 valence electrons. The van der Waals surface area contributed by atoms with Crippen LogP contribution in [0.5, 0.6) is 0 Å². The number of aliphatic hydroxyl groups excluding tert-OH is 1. The van der Waals surface area contributed by atoms with Gasteiger partial charge in [-0.2, -0.15) is 15.0 Å². The highest BCUT2D eigenvalue weighted by atomic mass is 16.6. The Kier molecular flexibility index (Phi) is 3.38. The lowest BCUT2D eigenvalue weighted by atomic mass is 10.3. The van der Waals surface area contributed by atoms with Crippen molar-refractivity contribution >= 4 is 17.0 Å². The number of esters is 1. The Morgan fingerprint density at radius 3 is 2.50 bits per heavy atom. The number of aromatic nitrogens is 3. The third-order valence-corrected chi connectivity index (χ3v) is 2.24. The molecule has 1 heterocycles. The van der Waals surface area contributed by atoms with Crippen LogP contribution in [0.4, 0.5) is 0 Å². The predicted molar refractivity (Wildman–Crippen MR) is 64.4 cm³/mol. The Morgan fingerprint density at radius 1 is 1.44 bits per heavy atom. The summed E-state index contributed by atoms with van der Waals surface area (Å²) in [5, 5.41) is 17.8. The molecule has 2 rings (SSSR count). The molecule has 0 spiro atoms. The molecule has 0 radical (unpaired) electrons. The Morgan fingerprint density at radius 2 is 2.00 bits per heavy atom. The highest BCUT2D eigenvalue weighted by Crippen LogP contribution is 2.07. The van der Waals surface area contributed by atoms with Crippen molar-refractivity contribution in [1.29, 1.82) is 0 Å². The van der Waals surface area contributed by atoms with Crippen LogP contribution in [0.25, 0.3) is 11.0 Å². The lowest BCUT2D eigenvalue weighted by Crippen LogP contribution is -2.24. The van der Waals surface area contributed by atoms with Gasteiger partial charge in [0.1, 0.15) is 17.6 Å². The van der Waals surface area contributed by atoms with Crippen molar-refractivity contribution in [2.24, 2.45) is 0 Å². The number of fused-ring (bicyclic) bond motifs is 1. The van der Waals surface area contributed by atoms with Gasteiger partial charge in [0.2, 0.25) is 6.29 Å². The van der Waals surface area contributed by atoms with Gasteiger partial charge in [-0.05, 0) is 19.1 Å². The average molecular weight is 247 g/mol. The van der Waals surface area contributed by atoms with E-state index in [4.69, 9.17) is 4.74 Å². The minimum atomic E-state index is -1.30. The van der Waals surface area contributed by atoms with Crippen LogP contribution < -0.4 is 0 Å². The van der Waals surface area contributed by atoms with E-state index in [9.17, 15) is 9.90 Å². The molecule has 0 saturated carbocycles. The van der Waals surface area contributed by atoms with E-state index in [1.54, 1.807) is 0 Å². The van der Waals surface area contributed by atoms with E-state index in [1.165, 1.54) is 11.7 Å². The first-order valence-corrected chi connectivity index (χ1v) is 5.40. The molecule has 0 aliphatic rings. The SMILES string of the molecule is C=C(C)C(=O)OC(O)Cn1nc2ccccc2n1. The average Bonchev–Trinajstić information content (AvgIpc) is 2.70. The van der Waals surface area contributed by atoms with Crippen LogP contribution in [0.2, 0.25) is 0 Å². The summed E-state index contributed by atoms with van der Waals surface area (Å²) in [5.74, 6) is -0.640. The van der Waals surface area contributed by atoms with Crippen LogP contribution in [-0.2, 0) is 16.1 Å². The standard InChI is InChI=1S/C12H13N3O3/c1-8(2)12(17)18-11(16)7-15-13-9-5-3-4-6-10(9)14-15/h3-6,11,16H,1,7H2,2H3. The molecule has 1 aromatic carbocycles. The molecule has 6 nitrogen and oxygen atoms in total. The smallest absolute Gasteiger partial charge is 0.335 e. The van der Waals surface area contributed by atoms with Crippen LogP contribution in [0, 0.1) is 0 Å². The lowest BCUT2D eigenvalue weighted by molar-refractivity contribution is -0.165. The van der Waals surface area contributed by atoms with E-state index >= 15 is 0 Å². The van der Waals surface area contributed by atoms with Crippen LogP contribution in [-0.4, -0.2) is 32.4 Å². The van der Waals surface area contributed by atoms with Gasteiger partial charge >= 0.3 is 5.97 Å². The zero-order valence-corrected chi connectivity index (χ0v) is 9.91. The molecule has 0 aliphatic carbocycles. The Labute approximate surface area is 103 Å². The van der Waals surface area contributed by atoms with Gasteiger partial charge in [-0.3, -0.25) is 0 Å². The Balaban J connectivity index is 2.04. The third kappa shape index (κ3) is 2.72. The number of ether oxygens (including phenoxy) is 1. The van der Waals surface area contributed by atoms with Crippen molar-refractivity contribution in [3.8, 4) is 0 Å². The molecule has 1 aromatic heterocycles. The molecule has 0 amide bonds. The summed E-state index contributed by atoms with van der Waals surface area (Å²) in [6.07, 6.45) is -1.30. The molecule has 0 fully saturated rings. The van der Waals surface area contributed by atoms with E-state index in [2.05, 4.69) is 16.8 Å². The van der Waals surface area contributed by atoms with Gasteiger partial charge in [0.05, 0.1) is 0 Å². The number of hydrogen-bond acceptors (Lipinski definition) is 5. The Hall–Kier alpha value is -2.21. The second-order valence-corrected chi connectivity index (χ2v) is 3.88. The Bertz CT molecular complexity index is 558. The minimum Gasteiger partial charge on any atom is -0.430 e. The van der Waals surface area contributed by atoms with Gasteiger partial charge in [-0.15, -0.1) is 0 Å². The summed E-state index contributed by atoms with van der Waals surface area (Å²) >= 11 is 0. The van der Waals surface area contributed by atoms with Crippen molar-refractivity contribution in [2.75, 3.05) is 0 Å². The van der Waals surface area contributed by atoms with E-state index in [0.29, 0.717) is 0 Å². The molecule has 0 bridgehead atoms. The predicted octanol–water partition coefficient (Wildman–Crippen LogP) is 0.869. The first kappa shape index (κ1) is 12.3. The first-order valence-electron chi connectivity index (χ1n) is 5.40. The third-order valence-electron chi connectivity index (χ3n) is 2.24. The van der Waals surface area contributed by atoms with Crippen LogP contribution in [0.15, 0.2) is 36.4 Å². The lowest BCUT2D eigenvalue weighted by Gasteiger charge is -2.10. The van der Waals surface area contributed by atoms with Gasteiger partial charge < -0.3 is 9.84 Å². The van der Waals surface area contributed by atoms with Gasteiger partial charge in [-0.1, -0.05) is 18.7 Å². The van der Waals surface area contributed by atoms with Crippen molar-refractivity contribution in [1.82, 2.24) is 15.0 Å². The van der Waals surface area contributed by atoms with Gasteiger partial charge in [-0.25, -0.2) is 4.79 Å². The monoisotopic (exact) mass is 247 g/mol. The normalized spacial score (nSPS) is 12.3. The van der Waals surface area contributed by atoms with Crippen molar-refractivity contribution < 1.29 is 14.6 Å². The molecule has 1 N–H and O–H groups in total. The molecular formula is C12H13N3O3. The first-order chi connectivity index (χ1) is 8.56. The fourth-order valence-corrected chi connectivity index (χ4v) is 1.39. The van der Waals surface area contributed by atoms with Crippen molar-refractivity contribution in [3.05, 3.63) is 36.4 Å². The number of aliphatic hydroxyl groups is 1.